The molecule has 0 saturated carbocycles. The minimum absolute atomic E-state index is 0.107. The van der Waals surface area contributed by atoms with Crippen molar-refractivity contribution in [1.29, 1.82) is 0 Å². The lowest BCUT2D eigenvalue weighted by Crippen LogP contribution is -2.30. The fourth-order valence-electron chi connectivity index (χ4n) is 13.3. The van der Waals surface area contributed by atoms with Gasteiger partial charge in [-0.3, -0.25) is 37.3 Å². The van der Waals surface area contributed by atoms with Crippen molar-refractivity contribution in [3.63, 3.8) is 0 Å². The van der Waals surface area contributed by atoms with Crippen LogP contribution in [0.1, 0.15) is 458 Å². The second-order valence-electron chi connectivity index (χ2n) is 30.8. The first-order valence-electron chi connectivity index (χ1n) is 44.2. The second kappa shape index (κ2) is 77.8. The van der Waals surface area contributed by atoms with Gasteiger partial charge < -0.3 is 33.8 Å². The van der Waals surface area contributed by atoms with Gasteiger partial charge in [0.15, 0.2) is 12.2 Å². The highest BCUT2D eigenvalue weighted by Crippen LogP contribution is 2.45. The molecule has 6 atom stereocenters. The van der Waals surface area contributed by atoms with E-state index in [4.69, 9.17) is 37.0 Å². The number of phosphoric ester groups is 2. The zero-order valence-electron chi connectivity index (χ0n) is 68.2. The minimum Gasteiger partial charge on any atom is -0.462 e. The van der Waals surface area contributed by atoms with Crippen molar-refractivity contribution >= 4 is 39.5 Å². The van der Waals surface area contributed by atoms with Crippen LogP contribution < -0.4 is 0 Å². The van der Waals surface area contributed by atoms with Crippen LogP contribution in [0.2, 0.25) is 0 Å². The maximum atomic E-state index is 13.1. The van der Waals surface area contributed by atoms with Gasteiger partial charge in [0.1, 0.15) is 19.3 Å². The van der Waals surface area contributed by atoms with Crippen LogP contribution in [-0.4, -0.2) is 96.7 Å². The number of esters is 4. The van der Waals surface area contributed by atoms with Crippen LogP contribution in [0, 0.1) is 5.92 Å². The van der Waals surface area contributed by atoms with Crippen LogP contribution >= 0.6 is 15.6 Å². The number of aliphatic hydroxyl groups is 1. The number of carbonyl (C=O) groups is 4. The van der Waals surface area contributed by atoms with E-state index in [1.54, 1.807) is 0 Å². The molecule has 0 aromatic carbocycles. The van der Waals surface area contributed by atoms with Crippen molar-refractivity contribution in [2.75, 3.05) is 39.6 Å². The van der Waals surface area contributed by atoms with Crippen molar-refractivity contribution in [2.45, 2.75) is 477 Å². The first-order valence-corrected chi connectivity index (χ1v) is 47.2. The maximum absolute atomic E-state index is 13.1. The molecule has 0 saturated heterocycles. The van der Waals surface area contributed by atoms with E-state index in [9.17, 15) is 43.2 Å². The fraction of sp³-hybridized carbons (Fsp3) is 0.953. The summed E-state index contributed by atoms with van der Waals surface area (Å²) in [6.07, 6.45) is 70.9. The SMILES string of the molecule is CCCCCCCCCCCCCCCCCCCCCCCCC(=O)O[C@H](COC(=O)CCCCCCCCCCCCCCCCCCCCC)COP(=O)(O)OC[C@@H](O)COP(=O)(O)OC[C@@H](COC(=O)CCCCCCCCCCC)OC(=O)CCCCCCCCCCCCC(C)CC. The van der Waals surface area contributed by atoms with Crippen LogP contribution in [0.15, 0.2) is 0 Å². The topological polar surface area (TPSA) is 237 Å². The van der Waals surface area contributed by atoms with E-state index in [0.717, 1.165) is 95.8 Å². The molecular formula is C85H166O17P2. The Bertz CT molecular complexity index is 1980. The molecule has 618 valence electrons. The van der Waals surface area contributed by atoms with E-state index in [-0.39, 0.29) is 25.7 Å². The Hall–Kier alpha value is -1.94. The summed E-state index contributed by atoms with van der Waals surface area (Å²) in [6.45, 7) is 7.36. The highest BCUT2D eigenvalue weighted by atomic mass is 31.2. The molecule has 3 N–H and O–H groups in total. The van der Waals surface area contributed by atoms with E-state index in [1.165, 1.54) is 283 Å². The predicted molar refractivity (Wildman–Crippen MR) is 428 cm³/mol. The van der Waals surface area contributed by atoms with Gasteiger partial charge in [-0.15, -0.1) is 0 Å². The molecule has 0 bridgehead atoms. The molecule has 0 aliphatic carbocycles. The van der Waals surface area contributed by atoms with Gasteiger partial charge in [-0.1, -0.05) is 407 Å². The van der Waals surface area contributed by atoms with E-state index < -0.39 is 97.5 Å². The summed E-state index contributed by atoms with van der Waals surface area (Å²) in [4.78, 5) is 73.1. The Balaban J connectivity index is 5.20. The molecule has 0 fully saturated rings. The van der Waals surface area contributed by atoms with E-state index in [0.29, 0.717) is 25.7 Å². The van der Waals surface area contributed by atoms with Gasteiger partial charge >= 0.3 is 39.5 Å². The lowest BCUT2D eigenvalue weighted by molar-refractivity contribution is -0.161. The molecule has 17 nitrogen and oxygen atoms in total. The predicted octanol–water partition coefficient (Wildman–Crippen LogP) is 26.0. The number of hydrogen-bond donors (Lipinski definition) is 3. The number of unbranched alkanes of at least 4 members (excludes halogenated alkanes) is 56. The maximum Gasteiger partial charge on any atom is 0.472 e. The first kappa shape index (κ1) is 102. The Morgan fingerprint density at radius 2 is 0.462 bits per heavy atom. The lowest BCUT2D eigenvalue weighted by atomic mass is 9.99. The molecule has 0 aliphatic heterocycles. The molecule has 0 heterocycles. The molecule has 0 amide bonds. The summed E-state index contributed by atoms with van der Waals surface area (Å²) in [6, 6.07) is 0. The molecule has 3 unspecified atom stereocenters. The number of rotatable bonds is 85. The Labute approximate surface area is 638 Å². The summed E-state index contributed by atoms with van der Waals surface area (Å²) < 4.78 is 68.8. The van der Waals surface area contributed by atoms with Crippen LogP contribution in [0.4, 0.5) is 0 Å². The largest absolute Gasteiger partial charge is 0.472 e. The quantitative estimate of drug-likeness (QED) is 0.0222. The zero-order valence-corrected chi connectivity index (χ0v) is 70.0. The Kier molecular flexibility index (Phi) is 76.3. The monoisotopic (exact) mass is 1520 g/mol. The molecule has 104 heavy (non-hydrogen) atoms. The number of aliphatic hydroxyl groups excluding tert-OH is 1. The average molecular weight is 1520 g/mol. The van der Waals surface area contributed by atoms with Gasteiger partial charge in [0.05, 0.1) is 26.4 Å². The van der Waals surface area contributed by atoms with Gasteiger partial charge in [-0.2, -0.15) is 0 Å². The summed E-state index contributed by atoms with van der Waals surface area (Å²) >= 11 is 0. The molecule has 0 aliphatic rings. The minimum atomic E-state index is -4.96. The van der Waals surface area contributed by atoms with Crippen molar-refractivity contribution in [2.24, 2.45) is 5.92 Å². The Morgan fingerprint density at radius 1 is 0.269 bits per heavy atom. The van der Waals surface area contributed by atoms with Gasteiger partial charge in [-0.05, 0) is 31.6 Å². The molecular weight excluding hydrogens is 1350 g/mol. The fourth-order valence-corrected chi connectivity index (χ4v) is 14.8. The molecule has 0 radical (unpaired) electrons. The smallest absolute Gasteiger partial charge is 0.462 e. The number of ether oxygens (including phenoxy) is 4. The third kappa shape index (κ3) is 76.8. The van der Waals surface area contributed by atoms with E-state index in [2.05, 4.69) is 34.6 Å². The van der Waals surface area contributed by atoms with E-state index >= 15 is 0 Å². The highest BCUT2D eigenvalue weighted by Gasteiger charge is 2.30. The van der Waals surface area contributed by atoms with Gasteiger partial charge in [-0.25, -0.2) is 9.13 Å². The number of carbonyl (C=O) groups excluding carboxylic acids is 4. The summed E-state index contributed by atoms with van der Waals surface area (Å²) in [7, 11) is -9.92. The molecule has 0 aromatic rings. The average Bonchev–Trinajstić information content (AvgIpc) is 0.906. The number of hydrogen-bond acceptors (Lipinski definition) is 15. The van der Waals surface area contributed by atoms with Gasteiger partial charge in [0.2, 0.25) is 0 Å². The first-order chi connectivity index (χ1) is 50.6. The zero-order chi connectivity index (χ0) is 76.2. The highest BCUT2D eigenvalue weighted by molar-refractivity contribution is 7.47. The third-order valence-electron chi connectivity index (χ3n) is 20.4. The molecule has 19 heteroatoms. The lowest BCUT2D eigenvalue weighted by Gasteiger charge is -2.21. The van der Waals surface area contributed by atoms with Crippen molar-refractivity contribution < 1.29 is 80.2 Å². The molecule has 0 rings (SSSR count). The summed E-state index contributed by atoms with van der Waals surface area (Å²) in [5.74, 6) is -1.30. The van der Waals surface area contributed by atoms with Crippen LogP contribution in [0.25, 0.3) is 0 Å². The van der Waals surface area contributed by atoms with Gasteiger partial charge in [0, 0.05) is 25.7 Å². The standard InChI is InChI=1S/C85H166O17P2/c1-6-10-13-16-19-22-24-26-28-30-32-33-34-36-38-40-42-44-50-55-60-65-70-84(89)101-81(75-96-83(88)69-64-59-54-49-43-41-39-37-35-31-29-27-25-23-20-17-14-11-7-2)77-100-104(93,94)98-73-79(86)72-97-103(91,92)99-76-80(74-95-82(87)68-63-58-53-47-21-18-15-12-8-3)102-85(90)71-66-61-56-51-46-45-48-52-57-62-67-78(5)9-4/h78-81,86H,6-77H2,1-5H3,(H,91,92)(H,93,94)/t78?,79-,80+,81+/m0/s1. The molecule has 0 spiro atoms. The van der Waals surface area contributed by atoms with Crippen molar-refractivity contribution in [3.8, 4) is 0 Å². The van der Waals surface area contributed by atoms with Crippen molar-refractivity contribution in [1.82, 2.24) is 0 Å². The summed E-state index contributed by atoms with van der Waals surface area (Å²) in [5, 5.41) is 10.7. The summed E-state index contributed by atoms with van der Waals surface area (Å²) in [5.41, 5.74) is 0. The van der Waals surface area contributed by atoms with Crippen LogP contribution in [0.5, 0.6) is 0 Å². The third-order valence-corrected chi connectivity index (χ3v) is 22.3. The van der Waals surface area contributed by atoms with Crippen molar-refractivity contribution in [3.05, 3.63) is 0 Å². The number of phosphoric acid groups is 2. The second-order valence-corrected chi connectivity index (χ2v) is 33.7. The van der Waals surface area contributed by atoms with Gasteiger partial charge in [0.25, 0.3) is 0 Å². The van der Waals surface area contributed by atoms with E-state index in [1.807, 2.05) is 0 Å². The van der Waals surface area contributed by atoms with Crippen LogP contribution in [0.3, 0.4) is 0 Å². The normalized spacial score (nSPS) is 14.0. The Morgan fingerprint density at radius 3 is 0.683 bits per heavy atom. The van der Waals surface area contributed by atoms with Crippen LogP contribution in [-0.2, 0) is 65.4 Å². The molecule has 0 aromatic heterocycles.